The van der Waals surface area contributed by atoms with Crippen molar-refractivity contribution in [3.8, 4) is 16.9 Å². The van der Waals surface area contributed by atoms with E-state index in [-0.39, 0.29) is 24.1 Å². The number of nitrogens with one attached hydrogen (secondary N) is 1. The van der Waals surface area contributed by atoms with E-state index in [1.165, 1.54) is 0 Å². The van der Waals surface area contributed by atoms with E-state index in [1.807, 2.05) is 12.1 Å². The quantitative estimate of drug-likeness (QED) is 0.398. The van der Waals surface area contributed by atoms with Gasteiger partial charge in [0.2, 0.25) is 0 Å². The molecular weight excluding hydrogens is 451 g/mol. The maximum atomic E-state index is 13.5. The number of hydrogen-bond acceptors (Lipinski definition) is 4. The number of hydrogen-bond donors (Lipinski definition) is 2. The van der Waals surface area contributed by atoms with Crippen LogP contribution in [0.15, 0.2) is 60.7 Å². The van der Waals surface area contributed by atoms with Gasteiger partial charge in [-0.1, -0.05) is 42.5 Å². The summed E-state index contributed by atoms with van der Waals surface area (Å²) in [5.41, 5.74) is 1.73. The van der Waals surface area contributed by atoms with Gasteiger partial charge in [0.25, 0.3) is 0 Å². The Morgan fingerprint density at radius 1 is 1.09 bits per heavy atom. The first-order valence-electron chi connectivity index (χ1n) is 10.7. The second-order valence-electron chi connectivity index (χ2n) is 8.18. The van der Waals surface area contributed by atoms with Gasteiger partial charge in [0.1, 0.15) is 17.2 Å². The summed E-state index contributed by atoms with van der Waals surface area (Å²) in [7, 11) is 0. The van der Waals surface area contributed by atoms with Crippen LogP contribution in [0.4, 0.5) is 13.2 Å². The molecule has 0 radical (unpaired) electrons. The maximum absolute atomic E-state index is 13.5. The van der Waals surface area contributed by atoms with E-state index in [0.717, 1.165) is 12.0 Å². The van der Waals surface area contributed by atoms with Crippen LogP contribution >= 0.6 is 11.3 Å². The molecule has 3 aromatic rings. The normalized spacial score (nSPS) is 18.4. The monoisotopic (exact) mass is 475 g/mol. The summed E-state index contributed by atoms with van der Waals surface area (Å²) < 4.78 is 46.3. The van der Waals surface area contributed by atoms with Gasteiger partial charge in [-0.3, -0.25) is 4.79 Å². The lowest BCUT2D eigenvalue weighted by atomic mass is 10.1. The molecular formula is C25H24F3NO3S. The van der Waals surface area contributed by atoms with Crippen LogP contribution in [-0.2, 0) is 24.1 Å². The van der Waals surface area contributed by atoms with Gasteiger partial charge in [0.15, 0.2) is 0 Å². The number of alkyl halides is 3. The van der Waals surface area contributed by atoms with Crippen molar-refractivity contribution in [3.63, 3.8) is 0 Å². The minimum absolute atomic E-state index is 0.0524. The Morgan fingerprint density at radius 3 is 2.45 bits per heavy atom. The van der Waals surface area contributed by atoms with E-state index in [0.29, 0.717) is 46.9 Å². The van der Waals surface area contributed by atoms with Crippen LogP contribution in [0.5, 0.6) is 5.75 Å². The Bertz CT molecular complexity index is 1080. The lowest BCUT2D eigenvalue weighted by molar-refractivity contribution is -0.141. The first-order chi connectivity index (χ1) is 15.8. The zero-order chi connectivity index (χ0) is 23.4. The molecule has 1 saturated carbocycles. The van der Waals surface area contributed by atoms with Crippen molar-refractivity contribution in [1.82, 2.24) is 5.32 Å². The molecule has 2 N–H and O–H groups in total. The molecule has 33 heavy (non-hydrogen) atoms. The van der Waals surface area contributed by atoms with E-state index in [9.17, 15) is 18.0 Å². The molecule has 1 aliphatic carbocycles. The summed E-state index contributed by atoms with van der Waals surface area (Å²) in [5.74, 6) is -0.422. The van der Waals surface area contributed by atoms with Crippen LogP contribution in [0.25, 0.3) is 11.1 Å². The highest BCUT2D eigenvalue weighted by molar-refractivity contribution is 7.12. The van der Waals surface area contributed by atoms with Crippen molar-refractivity contribution in [1.29, 1.82) is 0 Å². The van der Waals surface area contributed by atoms with Crippen molar-refractivity contribution in [2.75, 3.05) is 0 Å². The largest absolute Gasteiger partial charge is 0.488 e. The van der Waals surface area contributed by atoms with Gasteiger partial charge in [-0.15, -0.1) is 11.3 Å². The number of thiophene rings is 1. The highest BCUT2D eigenvalue weighted by Gasteiger charge is 2.36. The number of rotatable bonds is 8. The predicted molar refractivity (Wildman–Crippen MR) is 121 cm³/mol. The number of carboxylic acids is 1. The maximum Gasteiger partial charge on any atom is 0.426 e. The minimum atomic E-state index is -4.42. The molecule has 0 spiro atoms. The number of carbonyl (C=O) groups is 1. The van der Waals surface area contributed by atoms with E-state index in [1.54, 1.807) is 48.5 Å². The van der Waals surface area contributed by atoms with Crippen LogP contribution in [0.2, 0.25) is 0 Å². The third-order valence-electron chi connectivity index (χ3n) is 5.81. The Morgan fingerprint density at radius 2 is 1.82 bits per heavy atom. The molecule has 1 aromatic heterocycles. The summed E-state index contributed by atoms with van der Waals surface area (Å²) in [6, 6.07) is 17.7. The average molecular weight is 476 g/mol. The Kier molecular flexibility index (Phi) is 7.05. The first-order valence-corrected chi connectivity index (χ1v) is 11.5. The third-order valence-corrected chi connectivity index (χ3v) is 6.96. The second-order valence-corrected chi connectivity index (χ2v) is 9.31. The molecule has 4 nitrogen and oxygen atoms in total. The molecule has 174 valence electrons. The summed E-state index contributed by atoms with van der Waals surface area (Å²) in [4.78, 5) is 10.9. The fraction of sp³-hybridized carbons (Fsp3) is 0.320. The highest BCUT2D eigenvalue weighted by atomic mass is 32.1. The standard InChI is InChI=1S/C25H24F3NO3S/c26-25(27,28)23-22(17-4-2-1-3-5-17)13-21(33-23)15-32-20-10-6-16(7-11-20)14-29-19-9-8-18(12-19)24(30)31/h1-7,10-11,13,18-19,29H,8-9,12,14-15H2,(H,30,31)/t18-,19-/m0/s1. The van der Waals surface area contributed by atoms with Gasteiger partial charge in [-0.25, -0.2) is 0 Å². The Balaban J connectivity index is 1.35. The van der Waals surface area contributed by atoms with Crippen molar-refractivity contribution in [3.05, 3.63) is 76.0 Å². The molecule has 2 atom stereocenters. The zero-order valence-electron chi connectivity index (χ0n) is 17.8. The SMILES string of the molecule is O=C(O)[C@H]1CC[C@H](NCc2ccc(OCc3cc(-c4ccccc4)c(C(F)(F)F)s3)cc2)C1. The molecule has 1 heterocycles. The molecule has 0 saturated heterocycles. The molecule has 1 fully saturated rings. The molecule has 0 aliphatic heterocycles. The van der Waals surface area contributed by atoms with Gasteiger partial charge in [0.05, 0.1) is 5.92 Å². The number of benzene rings is 2. The zero-order valence-corrected chi connectivity index (χ0v) is 18.6. The second kappa shape index (κ2) is 9.97. The highest BCUT2D eigenvalue weighted by Crippen LogP contribution is 2.43. The minimum Gasteiger partial charge on any atom is -0.488 e. The smallest absolute Gasteiger partial charge is 0.426 e. The van der Waals surface area contributed by atoms with Crippen LogP contribution in [0.3, 0.4) is 0 Å². The number of carboxylic acid groups (broad SMARTS) is 1. The van der Waals surface area contributed by atoms with Crippen molar-refractivity contribution < 1.29 is 27.8 Å². The Hall–Kier alpha value is -2.84. The van der Waals surface area contributed by atoms with Crippen LogP contribution in [0, 0.1) is 5.92 Å². The van der Waals surface area contributed by atoms with Gasteiger partial charge < -0.3 is 15.2 Å². The fourth-order valence-electron chi connectivity index (χ4n) is 4.07. The van der Waals surface area contributed by atoms with Gasteiger partial charge in [-0.05, 0) is 48.6 Å². The van der Waals surface area contributed by atoms with Crippen LogP contribution in [-0.4, -0.2) is 17.1 Å². The van der Waals surface area contributed by atoms with E-state index in [4.69, 9.17) is 9.84 Å². The van der Waals surface area contributed by atoms with Crippen molar-refractivity contribution in [2.45, 2.75) is 44.6 Å². The summed E-state index contributed by atoms with van der Waals surface area (Å²) >= 11 is 0.706. The molecule has 8 heteroatoms. The fourth-order valence-corrected chi connectivity index (χ4v) is 5.03. The van der Waals surface area contributed by atoms with Crippen LogP contribution < -0.4 is 10.1 Å². The average Bonchev–Trinajstić information content (AvgIpc) is 3.45. The predicted octanol–water partition coefficient (Wildman–Crippen LogP) is 6.36. The lowest BCUT2D eigenvalue weighted by Crippen LogP contribution is -2.26. The van der Waals surface area contributed by atoms with E-state index < -0.39 is 17.0 Å². The number of ether oxygens (including phenoxy) is 1. The number of aliphatic carboxylic acids is 1. The van der Waals surface area contributed by atoms with Crippen molar-refractivity contribution in [2.24, 2.45) is 5.92 Å². The molecule has 2 aromatic carbocycles. The van der Waals surface area contributed by atoms with Crippen LogP contribution in [0.1, 0.15) is 34.6 Å². The lowest BCUT2D eigenvalue weighted by Gasteiger charge is -2.13. The summed E-state index contributed by atoms with van der Waals surface area (Å²) in [6.07, 6.45) is -2.23. The van der Waals surface area contributed by atoms with Gasteiger partial charge >= 0.3 is 12.1 Å². The number of halogens is 3. The molecule has 4 rings (SSSR count). The van der Waals surface area contributed by atoms with Crippen molar-refractivity contribution >= 4 is 17.3 Å². The molecule has 0 amide bonds. The Labute approximate surface area is 194 Å². The third kappa shape index (κ3) is 5.94. The molecule has 1 aliphatic rings. The summed E-state index contributed by atoms with van der Waals surface area (Å²) in [5, 5.41) is 12.5. The first kappa shape index (κ1) is 23.3. The van der Waals surface area contributed by atoms with Gasteiger partial charge in [-0.2, -0.15) is 13.2 Å². The van der Waals surface area contributed by atoms with E-state index in [2.05, 4.69) is 5.32 Å². The molecule has 0 bridgehead atoms. The topological polar surface area (TPSA) is 58.6 Å². The van der Waals surface area contributed by atoms with Gasteiger partial charge in [0, 0.05) is 23.0 Å². The van der Waals surface area contributed by atoms with E-state index >= 15 is 0 Å². The molecule has 0 unspecified atom stereocenters. The summed E-state index contributed by atoms with van der Waals surface area (Å²) in [6.45, 7) is 0.675.